The Morgan fingerprint density at radius 3 is 2.71 bits per heavy atom. The number of hydrogen-bond donors (Lipinski definition) is 2. The van der Waals surface area contributed by atoms with Gasteiger partial charge in [-0.15, -0.1) is 0 Å². The van der Waals surface area contributed by atoms with Crippen molar-refractivity contribution in [1.29, 1.82) is 5.53 Å². The number of ketones is 1. The first-order valence-electron chi connectivity index (χ1n) is 9.08. The van der Waals surface area contributed by atoms with Crippen molar-refractivity contribution in [1.82, 2.24) is 5.32 Å². The third kappa shape index (κ3) is 7.96. The second-order valence-electron chi connectivity index (χ2n) is 4.16. The molecule has 0 aromatic heterocycles. The number of amides is 1. The number of esters is 1. The lowest BCUT2D eigenvalue weighted by atomic mass is 10.1. The summed E-state index contributed by atoms with van der Waals surface area (Å²) in [6, 6.07) is -1.42. The Balaban J connectivity index is 5.17. The molecule has 0 aromatic carbocycles. The van der Waals surface area contributed by atoms with Gasteiger partial charge in [-0.05, 0) is 27.1 Å². The Kier molecular flexibility index (Phi) is 4.96. The summed E-state index contributed by atoms with van der Waals surface area (Å²) >= 11 is 0. The molecule has 0 radical (unpaired) electrons. The van der Waals surface area contributed by atoms with Gasteiger partial charge in [-0.2, -0.15) is 0 Å². The van der Waals surface area contributed by atoms with Crippen LogP contribution in [0.2, 0.25) is 0 Å². The van der Waals surface area contributed by atoms with Crippen molar-refractivity contribution in [3.05, 3.63) is 0 Å². The largest absolute Gasteiger partial charge is 0.461 e. The predicted octanol–water partition coefficient (Wildman–Crippen LogP) is 0.117. The lowest BCUT2D eigenvalue weighted by molar-refractivity contribution is -0.152. The maximum atomic E-state index is 12.2. The number of Topliss-reactive ketones (excluding diaryl/α,β-unsaturated/α-hetero) is 1. The van der Waals surface area contributed by atoms with E-state index in [0.29, 0.717) is 6.21 Å². The maximum Gasteiger partial charge on any atom is 0.372 e. The lowest BCUT2D eigenvalue weighted by Gasteiger charge is -2.20. The van der Waals surface area contributed by atoms with Crippen molar-refractivity contribution in [3.63, 3.8) is 0 Å². The standard InChI is InChI=1S/C13H21N3O5/c1-8(2)21-13(19)11(6-5-10(17)7-15-14)16-12(18)9(3)20-4/h7-9,11,14H,5-6H2,1-4H3/p+1/t9-,11-/m0/s1/i1D3,4D3/t8?,9-,11-. The van der Waals surface area contributed by atoms with Gasteiger partial charge in [0.25, 0.3) is 0 Å². The fourth-order valence-corrected chi connectivity index (χ4v) is 1.27. The Hall–Kier alpha value is -2.05. The van der Waals surface area contributed by atoms with Crippen molar-refractivity contribution in [2.45, 2.75) is 51.8 Å². The van der Waals surface area contributed by atoms with Gasteiger partial charge in [0.15, 0.2) is 0 Å². The summed E-state index contributed by atoms with van der Waals surface area (Å²) in [6.07, 6.45) is -2.78. The van der Waals surface area contributed by atoms with E-state index in [1.807, 2.05) is 0 Å². The SMILES string of the molecule is [2H]C([2H])([2H])O[C@@H](C)C(=O)N[C@@H](CCC(=O)C=[N+]=N)C(=O)OC(C)C([2H])([2H])[2H]. The van der Waals surface area contributed by atoms with Crippen LogP contribution in [0, 0.1) is 5.53 Å². The molecule has 0 spiro atoms. The molecule has 0 saturated heterocycles. The van der Waals surface area contributed by atoms with Crippen LogP contribution in [-0.2, 0) is 23.9 Å². The average molecular weight is 306 g/mol. The quantitative estimate of drug-likeness (QED) is 0.271. The molecule has 0 bridgehead atoms. The molecule has 0 aromatic rings. The highest BCUT2D eigenvalue weighted by Gasteiger charge is 2.26. The molecule has 0 saturated carbocycles. The summed E-state index contributed by atoms with van der Waals surface area (Å²) in [7, 11) is -2.84. The molecular weight excluding hydrogens is 278 g/mol. The van der Waals surface area contributed by atoms with E-state index in [4.69, 9.17) is 18.5 Å². The van der Waals surface area contributed by atoms with Crippen LogP contribution in [0.1, 0.15) is 41.8 Å². The third-order valence-electron chi connectivity index (χ3n) is 2.33. The van der Waals surface area contributed by atoms with Gasteiger partial charge in [-0.1, -0.05) is 0 Å². The minimum absolute atomic E-state index is 0.274. The third-order valence-corrected chi connectivity index (χ3v) is 2.33. The number of hydrogen-bond acceptors (Lipinski definition) is 6. The maximum absolute atomic E-state index is 12.2. The van der Waals surface area contributed by atoms with Gasteiger partial charge >= 0.3 is 12.2 Å². The molecule has 8 heteroatoms. The molecule has 2 N–H and O–H groups in total. The first-order chi connectivity index (χ1) is 12.2. The molecule has 8 nitrogen and oxygen atoms in total. The zero-order valence-electron chi connectivity index (χ0n) is 17.7. The number of carbonyl (C=O) groups is 3. The van der Waals surface area contributed by atoms with E-state index in [0.717, 1.165) is 13.8 Å². The van der Waals surface area contributed by atoms with Crippen LogP contribution in [0.4, 0.5) is 0 Å². The summed E-state index contributed by atoms with van der Waals surface area (Å²) < 4.78 is 51.8. The fourth-order valence-electron chi connectivity index (χ4n) is 1.27. The Morgan fingerprint density at radius 1 is 1.43 bits per heavy atom. The van der Waals surface area contributed by atoms with Crippen LogP contribution in [0.15, 0.2) is 0 Å². The second kappa shape index (κ2) is 9.79. The van der Waals surface area contributed by atoms with E-state index in [9.17, 15) is 14.4 Å². The fraction of sp³-hybridized carbons (Fsp3) is 0.692. The molecule has 0 aliphatic heterocycles. The number of rotatable bonds is 9. The lowest BCUT2D eigenvalue weighted by Crippen LogP contribution is -2.46. The Morgan fingerprint density at radius 2 is 2.14 bits per heavy atom. The molecule has 0 aliphatic carbocycles. The van der Waals surface area contributed by atoms with Crippen LogP contribution >= 0.6 is 0 Å². The Labute approximate surface area is 131 Å². The highest BCUT2D eigenvalue weighted by Crippen LogP contribution is 2.04. The summed E-state index contributed by atoms with van der Waals surface area (Å²) in [5.41, 5.74) is 6.57. The van der Waals surface area contributed by atoms with Gasteiger partial charge < -0.3 is 14.8 Å². The zero-order chi connectivity index (χ0) is 21.4. The van der Waals surface area contributed by atoms with Gasteiger partial charge in [0.2, 0.25) is 11.7 Å². The molecule has 0 rings (SSSR count). The molecule has 0 heterocycles. The van der Waals surface area contributed by atoms with E-state index < -0.39 is 49.8 Å². The molecule has 3 atom stereocenters. The topological polar surface area (TPSA) is 120 Å². The van der Waals surface area contributed by atoms with Crippen molar-refractivity contribution in [2.75, 3.05) is 7.04 Å². The summed E-state index contributed by atoms with van der Waals surface area (Å²) in [6.45, 7) is -0.301. The zero-order valence-corrected chi connectivity index (χ0v) is 11.7. The van der Waals surface area contributed by atoms with Crippen molar-refractivity contribution < 1.29 is 36.9 Å². The number of methoxy groups -OCH3 is 1. The van der Waals surface area contributed by atoms with Crippen LogP contribution in [0.3, 0.4) is 0 Å². The normalized spacial score (nSPS) is 19.7. The van der Waals surface area contributed by atoms with Crippen LogP contribution < -0.4 is 5.32 Å². The molecule has 118 valence electrons. The minimum Gasteiger partial charge on any atom is -0.461 e. The van der Waals surface area contributed by atoms with Gasteiger partial charge in [-0.3, -0.25) is 9.59 Å². The summed E-state index contributed by atoms with van der Waals surface area (Å²) in [5.74, 6) is -2.67. The summed E-state index contributed by atoms with van der Waals surface area (Å²) in [4.78, 5) is 38.5. The first kappa shape index (κ1) is 10.6. The van der Waals surface area contributed by atoms with E-state index >= 15 is 0 Å². The average Bonchev–Trinajstić information content (AvgIpc) is 2.48. The highest BCUT2D eigenvalue weighted by atomic mass is 16.5. The van der Waals surface area contributed by atoms with Gasteiger partial charge in [0, 0.05) is 17.6 Å². The summed E-state index contributed by atoms with van der Waals surface area (Å²) in [5, 5.41) is 2.18. The van der Waals surface area contributed by atoms with Gasteiger partial charge in [0.05, 0.1) is 20.5 Å². The van der Waals surface area contributed by atoms with Crippen molar-refractivity contribution in [2.24, 2.45) is 0 Å². The van der Waals surface area contributed by atoms with Crippen LogP contribution in [-0.4, -0.2) is 54.0 Å². The predicted molar refractivity (Wildman–Crippen MR) is 72.9 cm³/mol. The Bertz CT molecular complexity index is 600. The van der Waals surface area contributed by atoms with E-state index in [1.54, 1.807) is 0 Å². The molecule has 0 aliphatic rings. The van der Waals surface area contributed by atoms with E-state index in [-0.39, 0.29) is 12.8 Å². The monoisotopic (exact) mass is 306 g/mol. The van der Waals surface area contributed by atoms with Crippen molar-refractivity contribution >= 4 is 23.9 Å². The smallest absolute Gasteiger partial charge is 0.372 e. The number of nitrogens with zero attached hydrogens (tertiary/aromatic N) is 1. The number of ether oxygens (including phenoxy) is 2. The first-order valence-corrected chi connectivity index (χ1v) is 6.08. The highest BCUT2D eigenvalue weighted by molar-refractivity contribution is 6.25. The molecule has 1 amide bonds. The van der Waals surface area contributed by atoms with Crippen LogP contribution in [0.25, 0.3) is 0 Å². The van der Waals surface area contributed by atoms with Crippen molar-refractivity contribution in [3.8, 4) is 0 Å². The molecule has 1 unspecified atom stereocenters. The van der Waals surface area contributed by atoms with Gasteiger partial charge in [0.1, 0.15) is 12.1 Å². The van der Waals surface area contributed by atoms with Gasteiger partial charge in [-0.25, -0.2) is 4.79 Å². The minimum atomic E-state index is -2.84. The molecular formula is C13H22N3O5+. The molecule has 0 fully saturated rings. The number of carbonyl (C=O) groups excluding carboxylic acids is 3. The van der Waals surface area contributed by atoms with E-state index in [2.05, 4.69) is 14.8 Å². The van der Waals surface area contributed by atoms with E-state index in [1.165, 1.54) is 0 Å². The second-order valence-corrected chi connectivity index (χ2v) is 4.16. The van der Waals surface area contributed by atoms with Crippen LogP contribution in [0.5, 0.6) is 0 Å². The molecule has 21 heavy (non-hydrogen) atoms. The number of nitrogens with one attached hydrogen (secondary N) is 2.